The van der Waals surface area contributed by atoms with Crippen LogP contribution in [0.15, 0.2) is 41.9 Å². The summed E-state index contributed by atoms with van der Waals surface area (Å²) in [5, 5.41) is 11.7. The fourth-order valence-electron chi connectivity index (χ4n) is 4.93. The van der Waals surface area contributed by atoms with Gasteiger partial charge in [-0.3, -0.25) is 0 Å². The number of hydrogen-bond acceptors (Lipinski definition) is 4. The Kier molecular flexibility index (Phi) is 6.94. The van der Waals surface area contributed by atoms with E-state index in [0.717, 1.165) is 36.1 Å². The van der Waals surface area contributed by atoms with Crippen molar-refractivity contribution in [3.05, 3.63) is 57.9 Å². The third kappa shape index (κ3) is 5.49. The quantitative estimate of drug-likeness (QED) is 0.380. The molecule has 33 heavy (non-hydrogen) atoms. The molecule has 2 heterocycles. The number of aromatic amines is 1. The normalized spacial score (nSPS) is 18.9. The van der Waals surface area contributed by atoms with Gasteiger partial charge >= 0.3 is 6.09 Å². The Morgan fingerprint density at radius 1 is 1.21 bits per heavy atom. The lowest BCUT2D eigenvalue weighted by Gasteiger charge is -2.37. The van der Waals surface area contributed by atoms with Crippen LogP contribution in [0.25, 0.3) is 10.9 Å². The number of carbonyl (C=O) groups is 1. The molecule has 5 nitrogen and oxygen atoms in total. The van der Waals surface area contributed by atoms with Crippen LogP contribution in [0.4, 0.5) is 4.79 Å². The molecule has 3 aromatic rings. The maximum atomic E-state index is 12.7. The van der Waals surface area contributed by atoms with E-state index in [9.17, 15) is 4.79 Å². The fraction of sp³-hybridized carbons (Fsp3) is 0.481. The minimum atomic E-state index is -0.469. The van der Waals surface area contributed by atoms with Crippen molar-refractivity contribution in [2.75, 3.05) is 6.54 Å². The Hall–Kier alpha value is -2.60. The Morgan fingerprint density at radius 2 is 1.97 bits per heavy atom. The lowest BCUT2D eigenvalue weighted by atomic mass is 9.81. The third-order valence-corrected chi connectivity index (χ3v) is 7.45. The van der Waals surface area contributed by atoms with Crippen LogP contribution in [-0.4, -0.2) is 39.9 Å². The molecule has 2 N–H and O–H groups in total. The molecular formula is C27H35N3O2S. The number of H-pyrrole nitrogens is 1. The van der Waals surface area contributed by atoms with Gasteiger partial charge in [-0.05, 0) is 94.0 Å². The van der Waals surface area contributed by atoms with Gasteiger partial charge in [0, 0.05) is 41.0 Å². The van der Waals surface area contributed by atoms with E-state index in [1.54, 1.807) is 11.3 Å². The van der Waals surface area contributed by atoms with Gasteiger partial charge in [0.15, 0.2) is 0 Å². The summed E-state index contributed by atoms with van der Waals surface area (Å²) in [5.74, 6) is 0.486. The molecule has 1 aromatic carbocycles. The van der Waals surface area contributed by atoms with Crippen LogP contribution in [0.1, 0.15) is 75.3 Å². The second-order valence-electron chi connectivity index (χ2n) is 10.0. The summed E-state index contributed by atoms with van der Waals surface area (Å²) < 4.78 is 5.64. The van der Waals surface area contributed by atoms with Gasteiger partial charge in [-0.2, -0.15) is 0 Å². The van der Waals surface area contributed by atoms with E-state index in [4.69, 9.17) is 10.1 Å². The molecule has 0 atom stereocenters. The van der Waals surface area contributed by atoms with Crippen molar-refractivity contribution in [1.82, 2.24) is 9.88 Å². The highest BCUT2D eigenvalue weighted by atomic mass is 32.1. The Morgan fingerprint density at radius 3 is 2.61 bits per heavy atom. The molecule has 0 saturated heterocycles. The van der Waals surface area contributed by atoms with Gasteiger partial charge in [-0.25, -0.2) is 4.79 Å². The number of rotatable bonds is 6. The molecule has 0 aliphatic heterocycles. The highest BCUT2D eigenvalue weighted by Crippen LogP contribution is 2.38. The number of nitrogens with one attached hydrogen (secondary N) is 2. The average Bonchev–Trinajstić information content (AvgIpc) is 3.44. The van der Waals surface area contributed by atoms with Gasteiger partial charge in [-0.15, -0.1) is 11.3 Å². The van der Waals surface area contributed by atoms with Crippen molar-refractivity contribution in [3.63, 3.8) is 0 Å². The first-order valence-electron chi connectivity index (χ1n) is 12.0. The van der Waals surface area contributed by atoms with Crippen molar-refractivity contribution >= 4 is 34.0 Å². The lowest BCUT2D eigenvalue weighted by molar-refractivity contribution is 0.0129. The second kappa shape index (κ2) is 9.72. The SMILES string of the molecule is CCN(C(=O)OC(C)(C)C)C1CCC(c2c[nH]c3ccc(CC(=N)c4cccs4)cc23)CC1. The molecule has 4 rings (SSSR count). The molecule has 1 aliphatic carbocycles. The summed E-state index contributed by atoms with van der Waals surface area (Å²) in [4.78, 5) is 19.1. The molecule has 176 valence electrons. The maximum absolute atomic E-state index is 12.7. The number of thiophene rings is 1. The molecule has 1 aliphatic rings. The number of ether oxygens (including phenoxy) is 1. The van der Waals surface area contributed by atoms with Crippen LogP contribution in [0.3, 0.4) is 0 Å². The molecule has 1 fully saturated rings. The van der Waals surface area contributed by atoms with E-state index in [1.165, 1.54) is 16.5 Å². The molecule has 1 amide bonds. The number of benzene rings is 1. The van der Waals surface area contributed by atoms with E-state index >= 15 is 0 Å². The number of amides is 1. The zero-order valence-electron chi connectivity index (χ0n) is 20.1. The standard InChI is InChI=1S/C27H35N3O2S/c1-5-30(26(31)32-27(2,3)4)20-11-9-19(10-12-20)22-17-29-24-13-8-18(15-21(22)24)16-23(28)25-7-6-14-33-25/h6-8,13-15,17,19-20,28-29H,5,9-12,16H2,1-4H3. The van der Waals surface area contributed by atoms with Gasteiger partial charge in [0.05, 0.1) is 5.71 Å². The highest BCUT2D eigenvalue weighted by molar-refractivity contribution is 7.12. The van der Waals surface area contributed by atoms with Crippen LogP contribution in [-0.2, 0) is 11.2 Å². The number of fused-ring (bicyclic) bond motifs is 1. The molecule has 1 saturated carbocycles. The fourth-order valence-corrected chi connectivity index (χ4v) is 5.61. The van der Waals surface area contributed by atoms with Gasteiger partial charge in [0.25, 0.3) is 0 Å². The minimum absolute atomic E-state index is 0.196. The number of nitrogens with zero attached hydrogens (tertiary/aromatic N) is 1. The highest BCUT2D eigenvalue weighted by Gasteiger charge is 2.31. The molecule has 0 bridgehead atoms. The van der Waals surface area contributed by atoms with Crippen LogP contribution < -0.4 is 0 Å². The third-order valence-electron chi connectivity index (χ3n) is 6.52. The van der Waals surface area contributed by atoms with Crippen LogP contribution in [0.2, 0.25) is 0 Å². The van der Waals surface area contributed by atoms with E-state index < -0.39 is 5.60 Å². The van der Waals surface area contributed by atoms with Crippen molar-refractivity contribution in [3.8, 4) is 0 Å². The zero-order chi connectivity index (χ0) is 23.6. The Balaban J connectivity index is 1.44. The summed E-state index contributed by atoms with van der Waals surface area (Å²) in [6, 6.07) is 10.8. The van der Waals surface area contributed by atoms with Gasteiger partial charge in [0.2, 0.25) is 0 Å². The van der Waals surface area contributed by atoms with E-state index in [1.807, 2.05) is 50.1 Å². The first-order chi connectivity index (χ1) is 15.7. The first kappa shape index (κ1) is 23.6. The lowest BCUT2D eigenvalue weighted by Crippen LogP contribution is -2.44. The summed E-state index contributed by atoms with van der Waals surface area (Å²) in [6.45, 7) is 8.47. The number of aromatic nitrogens is 1. The van der Waals surface area contributed by atoms with Crippen LogP contribution in [0.5, 0.6) is 0 Å². The predicted molar refractivity (Wildman–Crippen MR) is 137 cm³/mol. The topological polar surface area (TPSA) is 69.2 Å². The largest absolute Gasteiger partial charge is 0.444 e. The van der Waals surface area contributed by atoms with Crippen LogP contribution in [0, 0.1) is 5.41 Å². The van der Waals surface area contributed by atoms with E-state index in [2.05, 4.69) is 29.4 Å². The molecule has 6 heteroatoms. The summed E-state index contributed by atoms with van der Waals surface area (Å²) in [6.07, 6.45) is 6.72. The summed E-state index contributed by atoms with van der Waals surface area (Å²) >= 11 is 1.62. The van der Waals surface area contributed by atoms with Gasteiger partial charge in [-0.1, -0.05) is 12.1 Å². The molecule has 0 unspecified atom stereocenters. The summed E-state index contributed by atoms with van der Waals surface area (Å²) in [7, 11) is 0. The molecular weight excluding hydrogens is 430 g/mol. The second-order valence-corrected chi connectivity index (χ2v) is 11.0. The zero-order valence-corrected chi connectivity index (χ0v) is 20.9. The minimum Gasteiger partial charge on any atom is -0.444 e. The van der Waals surface area contributed by atoms with Gasteiger partial charge < -0.3 is 20.0 Å². The first-order valence-corrected chi connectivity index (χ1v) is 12.8. The van der Waals surface area contributed by atoms with Gasteiger partial charge in [0.1, 0.15) is 5.60 Å². The molecule has 0 radical (unpaired) electrons. The molecule has 2 aromatic heterocycles. The average molecular weight is 466 g/mol. The Labute approximate surface area is 200 Å². The van der Waals surface area contributed by atoms with Crippen molar-refractivity contribution in [2.24, 2.45) is 0 Å². The maximum Gasteiger partial charge on any atom is 0.410 e. The van der Waals surface area contributed by atoms with E-state index in [-0.39, 0.29) is 12.1 Å². The van der Waals surface area contributed by atoms with Crippen molar-refractivity contribution in [2.45, 2.75) is 77.4 Å². The number of hydrogen-bond donors (Lipinski definition) is 2. The summed E-state index contributed by atoms with van der Waals surface area (Å²) in [5.41, 5.74) is 3.90. The van der Waals surface area contributed by atoms with E-state index in [0.29, 0.717) is 24.6 Å². The van der Waals surface area contributed by atoms with Crippen molar-refractivity contribution in [1.29, 1.82) is 5.41 Å². The van der Waals surface area contributed by atoms with Crippen LogP contribution >= 0.6 is 11.3 Å². The monoisotopic (exact) mass is 465 g/mol. The predicted octanol–water partition coefficient (Wildman–Crippen LogP) is 7.12. The number of carbonyl (C=O) groups excluding carboxylic acids is 1. The Bertz CT molecular complexity index is 1100. The smallest absolute Gasteiger partial charge is 0.410 e. The van der Waals surface area contributed by atoms with Crippen molar-refractivity contribution < 1.29 is 9.53 Å². The molecule has 0 spiro atoms.